The quantitative estimate of drug-likeness (QED) is 0.526. The van der Waals surface area contributed by atoms with Crippen LogP contribution in [0.4, 0.5) is 0 Å². The Hall–Kier alpha value is -2.91. The summed E-state index contributed by atoms with van der Waals surface area (Å²) < 4.78 is 11.4. The number of aryl methyl sites for hydroxylation is 2. The zero-order valence-corrected chi connectivity index (χ0v) is 20.8. The molecular formula is C24H31N3O5S. The second kappa shape index (κ2) is 10.4. The number of rotatable bonds is 10. The van der Waals surface area contributed by atoms with Crippen LogP contribution in [-0.4, -0.2) is 72.0 Å². The molecule has 1 aromatic carbocycles. The fourth-order valence-electron chi connectivity index (χ4n) is 3.87. The van der Waals surface area contributed by atoms with Crippen LogP contribution >= 0.6 is 11.3 Å². The number of amides is 1. The summed E-state index contributed by atoms with van der Waals surface area (Å²) in [5.74, 6) is -0.340. The Bertz CT molecular complexity index is 1080. The summed E-state index contributed by atoms with van der Waals surface area (Å²) in [5.41, 5.74) is 1.32. The van der Waals surface area contributed by atoms with Crippen LogP contribution in [0.15, 0.2) is 29.5 Å². The largest absolute Gasteiger partial charge is 0.503 e. The second-order valence-electron chi connectivity index (χ2n) is 8.02. The molecule has 0 aliphatic carbocycles. The van der Waals surface area contributed by atoms with E-state index in [9.17, 15) is 14.7 Å². The lowest BCUT2D eigenvalue weighted by molar-refractivity contribution is -0.129. The van der Waals surface area contributed by atoms with Crippen molar-refractivity contribution >= 4 is 23.0 Å². The summed E-state index contributed by atoms with van der Waals surface area (Å²) in [4.78, 5) is 34.9. The van der Waals surface area contributed by atoms with Gasteiger partial charge < -0.3 is 24.4 Å². The summed E-state index contributed by atoms with van der Waals surface area (Å²) >= 11 is 1.26. The highest BCUT2D eigenvalue weighted by Gasteiger charge is 2.44. The lowest BCUT2D eigenvalue weighted by Crippen LogP contribution is -2.36. The molecule has 1 atom stereocenters. The van der Waals surface area contributed by atoms with E-state index >= 15 is 0 Å². The number of benzene rings is 1. The SMILES string of the molecule is CCOc1ccc(C2C(C(=O)c3sc(C)nc3C)=C(O)C(=O)N2CCN(C)C)cc1OCC. The summed E-state index contributed by atoms with van der Waals surface area (Å²) in [6.45, 7) is 9.17. The lowest BCUT2D eigenvalue weighted by atomic mass is 9.94. The van der Waals surface area contributed by atoms with E-state index in [1.54, 1.807) is 19.1 Å². The summed E-state index contributed by atoms with van der Waals surface area (Å²) in [6.07, 6.45) is 0. The van der Waals surface area contributed by atoms with Crippen LogP contribution in [0.3, 0.4) is 0 Å². The van der Waals surface area contributed by atoms with E-state index in [4.69, 9.17) is 9.47 Å². The van der Waals surface area contributed by atoms with Gasteiger partial charge in [0.25, 0.3) is 5.91 Å². The number of aliphatic hydroxyl groups is 1. The van der Waals surface area contributed by atoms with Gasteiger partial charge in [-0.25, -0.2) is 4.98 Å². The van der Waals surface area contributed by atoms with Crippen molar-refractivity contribution in [2.45, 2.75) is 33.7 Å². The first kappa shape index (κ1) is 24.7. The molecule has 9 heteroatoms. The molecule has 2 heterocycles. The molecule has 1 aliphatic rings. The molecule has 0 bridgehead atoms. The summed E-state index contributed by atoms with van der Waals surface area (Å²) in [5, 5.41) is 11.6. The van der Waals surface area contributed by atoms with Crippen molar-refractivity contribution in [1.82, 2.24) is 14.8 Å². The van der Waals surface area contributed by atoms with Crippen LogP contribution in [0.1, 0.15) is 45.8 Å². The van der Waals surface area contributed by atoms with E-state index < -0.39 is 17.7 Å². The Balaban J connectivity index is 2.13. The number of aromatic nitrogens is 1. The molecule has 1 N–H and O–H groups in total. The second-order valence-corrected chi connectivity index (χ2v) is 9.22. The van der Waals surface area contributed by atoms with Crippen LogP contribution in [0.2, 0.25) is 0 Å². The fourth-order valence-corrected chi connectivity index (χ4v) is 4.75. The zero-order valence-electron chi connectivity index (χ0n) is 20.0. The topological polar surface area (TPSA) is 92.2 Å². The molecule has 2 aromatic rings. The number of nitrogens with zero attached hydrogens (tertiary/aromatic N) is 3. The molecule has 0 saturated heterocycles. The van der Waals surface area contributed by atoms with Crippen molar-refractivity contribution in [3.05, 3.63) is 50.7 Å². The molecule has 1 amide bonds. The lowest BCUT2D eigenvalue weighted by Gasteiger charge is -2.28. The molecule has 0 fully saturated rings. The fraction of sp³-hybridized carbons (Fsp3) is 0.458. The van der Waals surface area contributed by atoms with Crippen molar-refractivity contribution in [3.8, 4) is 11.5 Å². The van der Waals surface area contributed by atoms with Crippen LogP contribution in [0, 0.1) is 13.8 Å². The van der Waals surface area contributed by atoms with Crippen molar-refractivity contribution in [3.63, 3.8) is 0 Å². The number of aliphatic hydroxyl groups excluding tert-OH is 1. The first-order chi connectivity index (χ1) is 15.7. The van der Waals surface area contributed by atoms with Crippen molar-refractivity contribution in [2.75, 3.05) is 40.4 Å². The molecule has 33 heavy (non-hydrogen) atoms. The first-order valence-electron chi connectivity index (χ1n) is 11.0. The monoisotopic (exact) mass is 473 g/mol. The molecule has 1 aliphatic heterocycles. The molecular weight excluding hydrogens is 442 g/mol. The van der Waals surface area contributed by atoms with Gasteiger partial charge in [-0.2, -0.15) is 0 Å². The van der Waals surface area contributed by atoms with Gasteiger partial charge >= 0.3 is 0 Å². The highest BCUT2D eigenvalue weighted by Crippen LogP contribution is 2.42. The van der Waals surface area contributed by atoms with Crippen molar-refractivity contribution < 1.29 is 24.2 Å². The molecule has 8 nitrogen and oxygen atoms in total. The third kappa shape index (κ3) is 5.04. The Morgan fingerprint density at radius 1 is 1.18 bits per heavy atom. The third-order valence-electron chi connectivity index (χ3n) is 5.33. The number of hydrogen-bond donors (Lipinski definition) is 1. The Labute approximate surface area is 198 Å². The standard InChI is InChI=1S/C24H31N3O5S/c1-7-31-17-10-9-16(13-18(17)32-8-2)20-19(21(28)23-14(3)25-15(4)33-23)22(29)24(30)27(20)12-11-26(5)6/h9-10,13,20,29H,7-8,11-12H2,1-6H3. The number of carbonyl (C=O) groups is 2. The van der Waals surface area contributed by atoms with E-state index in [1.807, 2.05) is 45.8 Å². The van der Waals surface area contributed by atoms with Crippen molar-refractivity contribution in [1.29, 1.82) is 0 Å². The van der Waals surface area contributed by atoms with Gasteiger partial charge in [-0.3, -0.25) is 9.59 Å². The smallest absolute Gasteiger partial charge is 0.290 e. The molecule has 0 radical (unpaired) electrons. The molecule has 3 rings (SSSR count). The van der Waals surface area contributed by atoms with Crippen LogP contribution in [0.25, 0.3) is 0 Å². The summed E-state index contributed by atoms with van der Waals surface area (Å²) in [7, 11) is 3.81. The number of ketones is 1. The number of likely N-dealkylation sites (N-methyl/N-ethyl adjacent to an activating group) is 1. The highest BCUT2D eigenvalue weighted by atomic mass is 32.1. The Morgan fingerprint density at radius 3 is 2.42 bits per heavy atom. The minimum Gasteiger partial charge on any atom is -0.503 e. The van der Waals surface area contributed by atoms with Gasteiger partial charge in [0, 0.05) is 13.1 Å². The van der Waals surface area contributed by atoms with E-state index in [1.165, 1.54) is 16.2 Å². The van der Waals surface area contributed by atoms with Gasteiger partial charge in [0.1, 0.15) is 0 Å². The van der Waals surface area contributed by atoms with Gasteiger partial charge in [0.15, 0.2) is 17.3 Å². The number of thiazole rings is 1. The van der Waals surface area contributed by atoms with Gasteiger partial charge in [-0.05, 0) is 59.5 Å². The maximum absolute atomic E-state index is 13.6. The van der Waals surface area contributed by atoms with Crippen LogP contribution in [0.5, 0.6) is 11.5 Å². The number of hydrogen-bond acceptors (Lipinski definition) is 8. The zero-order chi connectivity index (χ0) is 24.3. The van der Waals surface area contributed by atoms with Gasteiger partial charge in [-0.15, -0.1) is 11.3 Å². The first-order valence-corrected chi connectivity index (χ1v) is 11.8. The highest BCUT2D eigenvalue weighted by molar-refractivity contribution is 7.14. The number of carbonyl (C=O) groups excluding carboxylic acids is 2. The molecule has 0 spiro atoms. The Morgan fingerprint density at radius 2 is 1.85 bits per heavy atom. The maximum atomic E-state index is 13.6. The average molecular weight is 474 g/mol. The molecule has 178 valence electrons. The third-order valence-corrected chi connectivity index (χ3v) is 6.40. The number of Topliss-reactive ketones (excluding diaryl/α,β-unsaturated/α-hetero) is 1. The predicted molar refractivity (Wildman–Crippen MR) is 127 cm³/mol. The summed E-state index contributed by atoms with van der Waals surface area (Å²) in [6, 6.07) is 4.62. The molecule has 1 unspecified atom stereocenters. The van der Waals surface area contributed by atoms with Gasteiger partial charge in [0.05, 0.1) is 40.4 Å². The van der Waals surface area contributed by atoms with Crippen LogP contribution in [-0.2, 0) is 4.79 Å². The van der Waals surface area contributed by atoms with E-state index in [-0.39, 0.29) is 11.4 Å². The Kier molecular flexibility index (Phi) is 7.76. The number of ether oxygens (including phenoxy) is 2. The predicted octanol–water partition coefficient (Wildman–Crippen LogP) is 3.70. The maximum Gasteiger partial charge on any atom is 0.290 e. The van der Waals surface area contributed by atoms with Crippen LogP contribution < -0.4 is 9.47 Å². The van der Waals surface area contributed by atoms with Crippen molar-refractivity contribution in [2.24, 2.45) is 0 Å². The van der Waals surface area contributed by atoms with E-state index in [0.29, 0.717) is 53.9 Å². The normalized spacial score (nSPS) is 16.2. The average Bonchev–Trinajstić information content (AvgIpc) is 3.23. The molecule has 1 aromatic heterocycles. The van der Waals surface area contributed by atoms with Gasteiger partial charge in [0.2, 0.25) is 5.78 Å². The van der Waals surface area contributed by atoms with E-state index in [0.717, 1.165) is 5.01 Å². The molecule has 0 saturated carbocycles. The van der Waals surface area contributed by atoms with E-state index in [2.05, 4.69) is 4.98 Å². The minimum absolute atomic E-state index is 0.0668. The minimum atomic E-state index is -0.748. The van der Waals surface area contributed by atoms with Gasteiger partial charge in [-0.1, -0.05) is 6.07 Å².